The minimum Gasteiger partial charge on any atom is -0.377 e. The Hall–Kier alpha value is -0.570. The van der Waals surface area contributed by atoms with E-state index >= 15 is 0 Å². The van der Waals surface area contributed by atoms with Gasteiger partial charge in [-0.3, -0.25) is 0 Å². The van der Waals surface area contributed by atoms with E-state index in [1.165, 1.54) is 5.56 Å². The number of hydrogen-bond acceptors (Lipinski definition) is 2. The van der Waals surface area contributed by atoms with Crippen LogP contribution in [-0.2, 0) is 11.2 Å². The van der Waals surface area contributed by atoms with Crippen LogP contribution >= 0.6 is 11.6 Å². The Labute approximate surface area is 102 Å². The van der Waals surface area contributed by atoms with Gasteiger partial charge in [0.1, 0.15) is 0 Å². The quantitative estimate of drug-likeness (QED) is 0.872. The Morgan fingerprint density at radius 2 is 2.12 bits per heavy atom. The monoisotopic (exact) mass is 239 g/mol. The average Bonchev–Trinajstić information content (AvgIpc) is 2.68. The van der Waals surface area contributed by atoms with E-state index in [-0.39, 0.29) is 0 Å². The molecule has 2 atom stereocenters. The number of nitrogens with one attached hydrogen (secondary N) is 1. The summed E-state index contributed by atoms with van der Waals surface area (Å²) in [5.41, 5.74) is 1.32. The van der Waals surface area contributed by atoms with Crippen molar-refractivity contribution in [3.05, 3.63) is 34.9 Å². The van der Waals surface area contributed by atoms with E-state index in [1.54, 1.807) is 0 Å². The molecule has 0 bridgehead atoms. The molecule has 1 N–H and O–H groups in total. The third-order valence-corrected chi connectivity index (χ3v) is 3.36. The maximum atomic E-state index is 5.84. The van der Waals surface area contributed by atoms with Crippen LogP contribution in [0.5, 0.6) is 0 Å². The lowest BCUT2D eigenvalue weighted by molar-refractivity contribution is 0.113. The molecule has 0 spiro atoms. The van der Waals surface area contributed by atoms with Crippen LogP contribution in [0.2, 0.25) is 5.02 Å². The zero-order valence-electron chi connectivity index (χ0n) is 9.58. The summed E-state index contributed by atoms with van der Waals surface area (Å²) in [5, 5.41) is 4.34. The summed E-state index contributed by atoms with van der Waals surface area (Å²) in [6.07, 6.45) is 2.52. The Kier molecular flexibility index (Phi) is 4.22. The molecule has 2 nitrogen and oxygen atoms in total. The zero-order chi connectivity index (χ0) is 11.4. The van der Waals surface area contributed by atoms with Gasteiger partial charge in [0.25, 0.3) is 0 Å². The van der Waals surface area contributed by atoms with Crippen LogP contribution in [0.3, 0.4) is 0 Å². The molecule has 1 fully saturated rings. The van der Waals surface area contributed by atoms with E-state index < -0.39 is 0 Å². The molecular formula is C13H18ClNO. The first-order valence-corrected chi connectivity index (χ1v) is 6.23. The van der Waals surface area contributed by atoms with Crippen molar-refractivity contribution in [2.24, 2.45) is 0 Å². The second kappa shape index (κ2) is 5.67. The van der Waals surface area contributed by atoms with Gasteiger partial charge in [0.15, 0.2) is 0 Å². The van der Waals surface area contributed by atoms with E-state index in [4.69, 9.17) is 16.3 Å². The molecule has 0 amide bonds. The summed E-state index contributed by atoms with van der Waals surface area (Å²) in [6.45, 7) is 4.02. The molecule has 0 saturated carbocycles. The number of ether oxygens (including phenoxy) is 1. The van der Waals surface area contributed by atoms with Gasteiger partial charge in [-0.05, 0) is 44.0 Å². The summed E-state index contributed by atoms with van der Waals surface area (Å²) >= 11 is 5.84. The molecule has 0 aromatic heterocycles. The second-order valence-corrected chi connectivity index (χ2v) is 4.74. The van der Waals surface area contributed by atoms with Crippen molar-refractivity contribution in [2.75, 3.05) is 13.2 Å². The first-order valence-electron chi connectivity index (χ1n) is 5.85. The van der Waals surface area contributed by atoms with Crippen molar-refractivity contribution in [3.63, 3.8) is 0 Å². The topological polar surface area (TPSA) is 21.3 Å². The van der Waals surface area contributed by atoms with E-state index in [9.17, 15) is 0 Å². The molecule has 2 unspecified atom stereocenters. The molecule has 1 aromatic rings. The predicted octanol–water partition coefficient (Wildman–Crippen LogP) is 2.65. The lowest BCUT2D eigenvalue weighted by Crippen LogP contribution is -2.35. The van der Waals surface area contributed by atoms with Crippen molar-refractivity contribution < 1.29 is 4.74 Å². The molecule has 1 aliphatic heterocycles. The van der Waals surface area contributed by atoms with E-state index in [1.807, 2.05) is 12.1 Å². The highest BCUT2D eigenvalue weighted by Gasteiger charge is 2.22. The van der Waals surface area contributed by atoms with E-state index in [0.29, 0.717) is 12.1 Å². The molecule has 1 saturated heterocycles. The molecule has 0 aliphatic carbocycles. The SMILES string of the molecule is CC1OCCC1NCCc1ccc(Cl)cc1. The fraction of sp³-hybridized carbons (Fsp3) is 0.538. The fourth-order valence-corrected chi connectivity index (χ4v) is 2.18. The van der Waals surface area contributed by atoms with Gasteiger partial charge in [-0.25, -0.2) is 0 Å². The molecule has 16 heavy (non-hydrogen) atoms. The van der Waals surface area contributed by atoms with Crippen molar-refractivity contribution in [1.82, 2.24) is 5.32 Å². The van der Waals surface area contributed by atoms with Gasteiger partial charge in [0.05, 0.1) is 6.10 Å². The number of rotatable bonds is 4. The van der Waals surface area contributed by atoms with Gasteiger partial charge in [-0.15, -0.1) is 0 Å². The minimum atomic E-state index is 0.352. The number of benzene rings is 1. The second-order valence-electron chi connectivity index (χ2n) is 4.30. The summed E-state index contributed by atoms with van der Waals surface area (Å²) in [7, 11) is 0. The summed E-state index contributed by atoms with van der Waals surface area (Å²) in [4.78, 5) is 0. The summed E-state index contributed by atoms with van der Waals surface area (Å²) in [5.74, 6) is 0. The molecule has 1 aliphatic rings. The zero-order valence-corrected chi connectivity index (χ0v) is 10.3. The minimum absolute atomic E-state index is 0.352. The summed E-state index contributed by atoms with van der Waals surface area (Å²) < 4.78 is 5.50. The first kappa shape index (κ1) is 11.9. The molecular weight excluding hydrogens is 222 g/mol. The number of hydrogen-bond donors (Lipinski definition) is 1. The Bertz CT molecular complexity index is 325. The highest BCUT2D eigenvalue weighted by Crippen LogP contribution is 2.13. The van der Waals surface area contributed by atoms with Crippen LogP contribution in [0, 0.1) is 0 Å². The Morgan fingerprint density at radius 3 is 2.75 bits per heavy atom. The van der Waals surface area contributed by atoms with Crippen LogP contribution in [0.15, 0.2) is 24.3 Å². The Balaban J connectivity index is 1.73. The number of halogens is 1. The fourth-order valence-electron chi connectivity index (χ4n) is 2.05. The highest BCUT2D eigenvalue weighted by molar-refractivity contribution is 6.30. The van der Waals surface area contributed by atoms with Gasteiger partial charge in [-0.2, -0.15) is 0 Å². The normalized spacial score (nSPS) is 24.9. The molecule has 3 heteroatoms. The van der Waals surface area contributed by atoms with Crippen LogP contribution in [0.25, 0.3) is 0 Å². The molecule has 1 aromatic carbocycles. The van der Waals surface area contributed by atoms with Crippen LogP contribution in [0.4, 0.5) is 0 Å². The predicted molar refractivity (Wildman–Crippen MR) is 67.0 cm³/mol. The van der Waals surface area contributed by atoms with Gasteiger partial charge < -0.3 is 10.1 Å². The maximum Gasteiger partial charge on any atom is 0.0700 e. The largest absolute Gasteiger partial charge is 0.377 e. The van der Waals surface area contributed by atoms with Crippen molar-refractivity contribution in [2.45, 2.75) is 31.9 Å². The maximum absolute atomic E-state index is 5.84. The Morgan fingerprint density at radius 1 is 1.38 bits per heavy atom. The van der Waals surface area contributed by atoms with Crippen LogP contribution in [0.1, 0.15) is 18.9 Å². The lowest BCUT2D eigenvalue weighted by Gasteiger charge is -2.15. The van der Waals surface area contributed by atoms with Crippen LogP contribution < -0.4 is 5.32 Å². The highest BCUT2D eigenvalue weighted by atomic mass is 35.5. The molecule has 0 radical (unpaired) electrons. The van der Waals surface area contributed by atoms with Crippen molar-refractivity contribution >= 4 is 11.6 Å². The first-order chi connectivity index (χ1) is 7.75. The van der Waals surface area contributed by atoms with E-state index in [0.717, 1.165) is 31.0 Å². The third kappa shape index (κ3) is 3.21. The lowest BCUT2D eigenvalue weighted by atomic mass is 10.1. The van der Waals surface area contributed by atoms with Crippen molar-refractivity contribution in [3.8, 4) is 0 Å². The standard InChI is InChI=1S/C13H18ClNO/c1-10-13(7-9-16-10)15-8-6-11-2-4-12(14)5-3-11/h2-5,10,13,15H,6-9H2,1H3. The smallest absolute Gasteiger partial charge is 0.0700 e. The average molecular weight is 240 g/mol. The van der Waals surface area contributed by atoms with Gasteiger partial charge >= 0.3 is 0 Å². The van der Waals surface area contributed by atoms with Gasteiger partial charge in [-0.1, -0.05) is 23.7 Å². The molecule has 2 rings (SSSR count). The third-order valence-electron chi connectivity index (χ3n) is 3.11. The molecule has 1 heterocycles. The van der Waals surface area contributed by atoms with Gasteiger partial charge in [0, 0.05) is 17.7 Å². The molecule has 88 valence electrons. The van der Waals surface area contributed by atoms with Gasteiger partial charge in [0.2, 0.25) is 0 Å². The van der Waals surface area contributed by atoms with Crippen molar-refractivity contribution in [1.29, 1.82) is 0 Å². The van der Waals surface area contributed by atoms with E-state index in [2.05, 4.69) is 24.4 Å². The summed E-state index contributed by atoms with van der Waals surface area (Å²) in [6, 6.07) is 8.57. The van der Waals surface area contributed by atoms with Crippen LogP contribution in [-0.4, -0.2) is 25.3 Å².